The molecule has 0 aliphatic carbocycles. The molecule has 2 aromatic heterocycles. The lowest BCUT2D eigenvalue weighted by atomic mass is 10.1. The third-order valence-electron chi connectivity index (χ3n) is 5.36. The first kappa shape index (κ1) is 20.3. The smallest absolute Gasteiger partial charge is 0.307 e. The van der Waals surface area contributed by atoms with Crippen LogP contribution in [0.25, 0.3) is 16.7 Å². The maximum atomic E-state index is 12.7. The van der Waals surface area contributed by atoms with Crippen LogP contribution in [-0.4, -0.2) is 36.3 Å². The Balaban J connectivity index is 1.37. The van der Waals surface area contributed by atoms with Crippen LogP contribution in [-0.2, 0) is 28.0 Å². The Morgan fingerprint density at radius 2 is 2.00 bits per heavy atom. The zero-order chi connectivity index (χ0) is 22.4. The first-order chi connectivity index (χ1) is 15.4. The largest absolute Gasteiger partial charge is 0.457 e. The molecule has 2 aromatic carbocycles. The average Bonchev–Trinajstić information content (AvgIpc) is 3.21. The normalized spacial score (nSPS) is 15.6. The van der Waals surface area contributed by atoms with E-state index in [0.29, 0.717) is 22.5 Å². The standard InChI is InChI=1S/C22H19N5O4S/c1-12-7-8-15-13(9-12)21(30)26(2)22-25-24-18(27(15)22)11-31-19(28)10-17-20(29)23-14-5-3-4-6-16(14)32-17/h3-9,17H,10-11H2,1-2H3,(H,23,29). The fraction of sp³-hybridized carbons (Fsp3) is 0.227. The summed E-state index contributed by atoms with van der Waals surface area (Å²) in [6, 6.07) is 13.0. The molecule has 0 bridgehead atoms. The molecule has 1 amide bonds. The van der Waals surface area contributed by atoms with Gasteiger partial charge in [-0.2, -0.15) is 0 Å². The van der Waals surface area contributed by atoms with Crippen molar-refractivity contribution >= 4 is 46.0 Å². The van der Waals surface area contributed by atoms with E-state index in [1.54, 1.807) is 11.4 Å². The van der Waals surface area contributed by atoms with E-state index in [1.807, 2.05) is 49.4 Å². The Morgan fingerprint density at radius 1 is 1.19 bits per heavy atom. The minimum absolute atomic E-state index is 0.0694. The van der Waals surface area contributed by atoms with Gasteiger partial charge in [0.2, 0.25) is 11.7 Å². The maximum absolute atomic E-state index is 12.7. The number of amides is 1. The summed E-state index contributed by atoms with van der Waals surface area (Å²) in [5.74, 6) is 0.00816. The van der Waals surface area contributed by atoms with Gasteiger partial charge in [0.15, 0.2) is 12.4 Å². The SMILES string of the molecule is Cc1ccc2c(c1)c(=O)n(C)c1nnc(COC(=O)CC3Sc4ccccc4NC3=O)n21. The molecule has 4 aromatic rings. The van der Waals surface area contributed by atoms with Crippen LogP contribution in [0.1, 0.15) is 17.8 Å². The lowest BCUT2D eigenvalue weighted by Crippen LogP contribution is -2.31. The van der Waals surface area contributed by atoms with Crippen molar-refractivity contribution in [3.63, 3.8) is 0 Å². The van der Waals surface area contributed by atoms with Crippen molar-refractivity contribution in [2.45, 2.75) is 30.1 Å². The Kier molecular flexibility index (Phi) is 4.93. The van der Waals surface area contributed by atoms with Crippen LogP contribution >= 0.6 is 11.8 Å². The van der Waals surface area contributed by atoms with Gasteiger partial charge in [0.25, 0.3) is 5.56 Å². The lowest BCUT2D eigenvalue weighted by Gasteiger charge is -2.23. The number of thioether (sulfide) groups is 1. The average molecular weight is 449 g/mol. The van der Waals surface area contributed by atoms with Crippen molar-refractivity contribution in [3.05, 3.63) is 64.2 Å². The zero-order valence-electron chi connectivity index (χ0n) is 17.4. The molecule has 1 atom stereocenters. The Morgan fingerprint density at radius 3 is 2.84 bits per heavy atom. The summed E-state index contributed by atoms with van der Waals surface area (Å²) in [6.07, 6.45) is -0.0694. The fourth-order valence-electron chi connectivity index (χ4n) is 3.73. The van der Waals surface area contributed by atoms with Crippen molar-refractivity contribution in [1.82, 2.24) is 19.2 Å². The Bertz CT molecular complexity index is 1460. The molecule has 0 fully saturated rings. The van der Waals surface area contributed by atoms with Crippen LogP contribution in [0, 0.1) is 6.92 Å². The van der Waals surface area contributed by atoms with Crippen LogP contribution in [0.2, 0.25) is 0 Å². The van der Waals surface area contributed by atoms with E-state index in [2.05, 4.69) is 15.5 Å². The molecule has 0 saturated carbocycles. The van der Waals surface area contributed by atoms with Crippen molar-refractivity contribution < 1.29 is 14.3 Å². The first-order valence-corrected chi connectivity index (χ1v) is 10.9. The number of carbonyl (C=O) groups excluding carboxylic acids is 2. The molecule has 3 heterocycles. The molecule has 1 aliphatic rings. The Labute approximate surface area is 186 Å². The number of carbonyl (C=O) groups is 2. The van der Waals surface area contributed by atoms with Gasteiger partial charge in [0, 0.05) is 11.9 Å². The van der Waals surface area contributed by atoms with Gasteiger partial charge in [0.05, 0.1) is 28.3 Å². The van der Waals surface area contributed by atoms with E-state index in [0.717, 1.165) is 16.1 Å². The lowest BCUT2D eigenvalue weighted by molar-refractivity contribution is -0.146. The summed E-state index contributed by atoms with van der Waals surface area (Å²) in [7, 11) is 1.63. The van der Waals surface area contributed by atoms with Crippen LogP contribution in [0.4, 0.5) is 5.69 Å². The highest BCUT2D eigenvalue weighted by Gasteiger charge is 2.29. The number of esters is 1. The fourth-order valence-corrected chi connectivity index (χ4v) is 4.83. The maximum Gasteiger partial charge on any atom is 0.307 e. The topological polar surface area (TPSA) is 108 Å². The van der Waals surface area contributed by atoms with E-state index in [-0.39, 0.29) is 24.5 Å². The number of aryl methyl sites for hydroxylation is 2. The predicted octanol–water partition coefficient (Wildman–Crippen LogP) is 2.44. The number of aromatic nitrogens is 4. The number of fused-ring (bicyclic) bond motifs is 4. The van der Waals surface area contributed by atoms with Crippen molar-refractivity contribution in [3.8, 4) is 0 Å². The molecule has 5 rings (SSSR count). The molecule has 32 heavy (non-hydrogen) atoms. The Hall–Kier alpha value is -3.66. The van der Waals surface area contributed by atoms with Gasteiger partial charge < -0.3 is 10.1 Å². The highest BCUT2D eigenvalue weighted by atomic mass is 32.2. The van der Waals surface area contributed by atoms with Gasteiger partial charge in [-0.05, 0) is 31.2 Å². The number of nitrogens with one attached hydrogen (secondary N) is 1. The van der Waals surface area contributed by atoms with Gasteiger partial charge in [0.1, 0.15) is 0 Å². The first-order valence-electron chi connectivity index (χ1n) is 9.98. The third-order valence-corrected chi connectivity index (χ3v) is 6.64. The number of hydrogen-bond acceptors (Lipinski definition) is 7. The molecule has 1 N–H and O–H groups in total. The van der Waals surface area contributed by atoms with E-state index in [1.165, 1.54) is 16.3 Å². The zero-order valence-corrected chi connectivity index (χ0v) is 18.2. The minimum atomic E-state index is -0.572. The number of hydrogen-bond donors (Lipinski definition) is 1. The van der Waals surface area contributed by atoms with Gasteiger partial charge >= 0.3 is 5.97 Å². The summed E-state index contributed by atoms with van der Waals surface area (Å²) in [6.45, 7) is 1.78. The van der Waals surface area contributed by atoms with Crippen LogP contribution < -0.4 is 10.9 Å². The molecule has 10 heteroatoms. The van der Waals surface area contributed by atoms with E-state index < -0.39 is 11.2 Å². The summed E-state index contributed by atoms with van der Waals surface area (Å²) >= 11 is 1.34. The second-order valence-electron chi connectivity index (χ2n) is 7.59. The molecule has 1 aliphatic heterocycles. The number of ether oxygens (including phenoxy) is 1. The molecule has 0 spiro atoms. The van der Waals surface area contributed by atoms with Gasteiger partial charge in [-0.25, -0.2) is 0 Å². The van der Waals surface area contributed by atoms with Crippen LogP contribution in [0.15, 0.2) is 52.2 Å². The quantitative estimate of drug-likeness (QED) is 0.477. The minimum Gasteiger partial charge on any atom is -0.457 e. The number of benzene rings is 2. The molecular weight excluding hydrogens is 430 g/mol. The summed E-state index contributed by atoms with van der Waals surface area (Å²) in [5, 5.41) is 11.0. The number of rotatable bonds is 4. The van der Waals surface area contributed by atoms with Crippen molar-refractivity contribution in [2.24, 2.45) is 7.05 Å². The van der Waals surface area contributed by atoms with Crippen LogP contribution in [0.5, 0.6) is 0 Å². The second kappa shape index (κ2) is 7.79. The summed E-state index contributed by atoms with van der Waals surface area (Å²) in [4.78, 5) is 38.4. The van der Waals surface area contributed by atoms with Crippen molar-refractivity contribution in [1.29, 1.82) is 0 Å². The summed E-state index contributed by atoms with van der Waals surface area (Å²) in [5.41, 5.74) is 2.17. The van der Waals surface area contributed by atoms with Gasteiger partial charge in [-0.15, -0.1) is 22.0 Å². The third kappa shape index (κ3) is 3.42. The molecule has 162 valence electrons. The highest BCUT2D eigenvalue weighted by molar-refractivity contribution is 8.01. The van der Waals surface area contributed by atoms with E-state index in [9.17, 15) is 14.4 Å². The van der Waals surface area contributed by atoms with Gasteiger partial charge in [-0.3, -0.25) is 23.4 Å². The van der Waals surface area contributed by atoms with E-state index in [4.69, 9.17) is 4.74 Å². The molecule has 0 radical (unpaired) electrons. The number of anilines is 1. The summed E-state index contributed by atoms with van der Waals surface area (Å²) < 4.78 is 8.56. The number of para-hydroxylation sites is 1. The molecule has 9 nitrogen and oxygen atoms in total. The van der Waals surface area contributed by atoms with E-state index >= 15 is 0 Å². The predicted molar refractivity (Wildman–Crippen MR) is 120 cm³/mol. The van der Waals surface area contributed by atoms with Crippen LogP contribution in [0.3, 0.4) is 0 Å². The highest BCUT2D eigenvalue weighted by Crippen LogP contribution is 2.36. The molecular formula is C22H19N5O4S. The van der Waals surface area contributed by atoms with Gasteiger partial charge in [-0.1, -0.05) is 23.8 Å². The number of nitrogens with zero attached hydrogens (tertiary/aromatic N) is 4. The second-order valence-corrected chi connectivity index (χ2v) is 8.84. The molecule has 0 saturated heterocycles. The monoisotopic (exact) mass is 449 g/mol. The molecule has 1 unspecified atom stereocenters. The van der Waals surface area contributed by atoms with Crippen molar-refractivity contribution in [2.75, 3.05) is 5.32 Å².